The van der Waals surface area contributed by atoms with E-state index >= 15 is 0 Å². The molecule has 2 aromatic rings. The first-order valence-corrected chi connectivity index (χ1v) is 10.4. The number of carbonyl (C=O) groups excluding carboxylic acids is 1. The Morgan fingerprint density at radius 2 is 1.85 bits per heavy atom. The number of aromatic nitrogens is 1. The van der Waals surface area contributed by atoms with Crippen LogP contribution in [0.4, 0.5) is 0 Å². The fraction of sp³-hybridized carbons (Fsp3) is 0.529. The van der Waals surface area contributed by atoms with Crippen molar-refractivity contribution in [3.63, 3.8) is 0 Å². The molecule has 1 aliphatic heterocycles. The van der Waals surface area contributed by atoms with Crippen LogP contribution in [0.3, 0.4) is 0 Å². The summed E-state index contributed by atoms with van der Waals surface area (Å²) < 4.78 is 32.1. The maximum atomic E-state index is 12.9. The van der Waals surface area contributed by atoms with Crippen molar-refractivity contribution < 1.29 is 17.6 Å². The van der Waals surface area contributed by atoms with Crippen LogP contribution in [0.2, 0.25) is 0 Å². The molecule has 0 atom stereocenters. The number of nitrogens with one attached hydrogen (secondary N) is 1. The lowest BCUT2D eigenvalue weighted by Crippen LogP contribution is -2.51. The highest BCUT2D eigenvalue weighted by Crippen LogP contribution is 2.21. The van der Waals surface area contributed by atoms with Crippen LogP contribution in [0, 0.1) is 0 Å². The molecular weight excluding hydrogens is 372 g/mol. The number of amides is 1. The molecule has 27 heavy (non-hydrogen) atoms. The van der Waals surface area contributed by atoms with E-state index in [1.807, 2.05) is 18.7 Å². The van der Waals surface area contributed by atoms with Crippen molar-refractivity contribution in [1.82, 2.24) is 19.1 Å². The Kier molecular flexibility index (Phi) is 5.68. The Balaban J connectivity index is 1.67. The van der Waals surface area contributed by atoms with Gasteiger partial charge in [-0.2, -0.15) is 4.31 Å². The minimum atomic E-state index is -3.69. The van der Waals surface area contributed by atoms with Crippen LogP contribution >= 0.6 is 0 Å². The summed E-state index contributed by atoms with van der Waals surface area (Å²) in [6.07, 6.45) is 0. The van der Waals surface area contributed by atoms with Gasteiger partial charge in [0.05, 0.1) is 17.0 Å². The van der Waals surface area contributed by atoms with E-state index in [4.69, 9.17) is 4.42 Å². The Hall–Kier alpha value is -2.17. The fourth-order valence-electron chi connectivity index (χ4n) is 3.23. The molecule has 10 heteroatoms. The van der Waals surface area contributed by atoms with Crippen LogP contribution < -0.4 is 5.76 Å². The molecule has 1 aromatic heterocycles. The summed E-state index contributed by atoms with van der Waals surface area (Å²) in [6, 6.07) is 4.34. The van der Waals surface area contributed by atoms with E-state index in [-0.39, 0.29) is 16.4 Å². The van der Waals surface area contributed by atoms with Crippen LogP contribution in [0.15, 0.2) is 32.3 Å². The van der Waals surface area contributed by atoms with Gasteiger partial charge in [-0.15, -0.1) is 0 Å². The molecule has 0 unspecified atom stereocenters. The summed E-state index contributed by atoms with van der Waals surface area (Å²) in [4.78, 5) is 29.8. The monoisotopic (exact) mass is 396 g/mol. The van der Waals surface area contributed by atoms with Crippen molar-refractivity contribution in [2.45, 2.75) is 18.7 Å². The molecule has 148 valence electrons. The standard InChI is InChI=1S/C17H24N4O5S/c1-3-20(4-2)16(22)12-19-7-9-21(10-8-19)27(24,25)13-5-6-14-15(11-13)26-17(23)18-14/h5-6,11H,3-4,7-10,12H2,1-2H3,(H,18,23). The highest BCUT2D eigenvalue weighted by Gasteiger charge is 2.30. The van der Waals surface area contributed by atoms with Crippen LogP contribution in [0.5, 0.6) is 0 Å². The number of sulfonamides is 1. The fourth-order valence-corrected chi connectivity index (χ4v) is 4.67. The van der Waals surface area contributed by atoms with Crippen molar-refractivity contribution in [2.24, 2.45) is 0 Å². The molecule has 1 fully saturated rings. The summed E-state index contributed by atoms with van der Waals surface area (Å²) in [5, 5.41) is 0. The van der Waals surface area contributed by atoms with Gasteiger partial charge in [0.25, 0.3) is 0 Å². The predicted molar refractivity (Wildman–Crippen MR) is 100.0 cm³/mol. The van der Waals surface area contributed by atoms with Crippen molar-refractivity contribution in [1.29, 1.82) is 0 Å². The van der Waals surface area contributed by atoms with Gasteiger partial charge in [0.2, 0.25) is 15.9 Å². The molecule has 0 spiro atoms. The molecule has 0 saturated carbocycles. The highest BCUT2D eigenvalue weighted by atomic mass is 32.2. The minimum Gasteiger partial charge on any atom is -0.408 e. The van der Waals surface area contributed by atoms with E-state index in [0.29, 0.717) is 51.3 Å². The zero-order chi connectivity index (χ0) is 19.6. The van der Waals surface area contributed by atoms with Crippen molar-refractivity contribution in [3.05, 3.63) is 28.7 Å². The zero-order valence-electron chi connectivity index (χ0n) is 15.5. The van der Waals surface area contributed by atoms with Crippen LogP contribution in [0.1, 0.15) is 13.8 Å². The van der Waals surface area contributed by atoms with E-state index in [9.17, 15) is 18.0 Å². The molecule has 1 aromatic carbocycles. The summed E-state index contributed by atoms with van der Waals surface area (Å²) >= 11 is 0. The van der Waals surface area contributed by atoms with Crippen LogP contribution in [-0.4, -0.2) is 79.2 Å². The van der Waals surface area contributed by atoms with Gasteiger partial charge in [-0.3, -0.25) is 14.7 Å². The molecular formula is C17H24N4O5S. The molecule has 9 nitrogen and oxygen atoms in total. The number of carbonyl (C=O) groups is 1. The number of nitrogens with zero attached hydrogens (tertiary/aromatic N) is 3. The number of likely N-dealkylation sites (N-methyl/N-ethyl adjacent to an activating group) is 1. The number of fused-ring (bicyclic) bond motifs is 1. The Labute approximate surface area is 157 Å². The van der Waals surface area contributed by atoms with Gasteiger partial charge in [-0.05, 0) is 26.0 Å². The topological polar surface area (TPSA) is 107 Å². The lowest BCUT2D eigenvalue weighted by Gasteiger charge is -2.34. The number of piperazine rings is 1. The van der Waals surface area contributed by atoms with E-state index in [1.54, 1.807) is 4.90 Å². The lowest BCUT2D eigenvalue weighted by molar-refractivity contribution is -0.132. The summed E-state index contributed by atoms with van der Waals surface area (Å²) in [5.41, 5.74) is 0.670. The van der Waals surface area contributed by atoms with Crippen molar-refractivity contribution in [3.8, 4) is 0 Å². The molecule has 0 radical (unpaired) electrons. The van der Waals surface area contributed by atoms with E-state index in [2.05, 4.69) is 4.98 Å². The molecule has 1 aliphatic rings. The minimum absolute atomic E-state index is 0.0595. The molecule has 1 N–H and O–H groups in total. The quantitative estimate of drug-likeness (QED) is 0.752. The second-order valence-electron chi connectivity index (χ2n) is 6.42. The molecule has 2 heterocycles. The van der Waals surface area contributed by atoms with Gasteiger partial charge in [0.15, 0.2) is 5.58 Å². The third-order valence-corrected chi connectivity index (χ3v) is 6.73. The predicted octanol–water partition coefficient (Wildman–Crippen LogP) is 0.296. The van der Waals surface area contributed by atoms with Gasteiger partial charge in [0, 0.05) is 45.3 Å². The molecule has 1 saturated heterocycles. The first-order valence-electron chi connectivity index (χ1n) is 8.98. The Morgan fingerprint density at radius 1 is 1.19 bits per heavy atom. The van der Waals surface area contributed by atoms with E-state index in [0.717, 1.165) is 0 Å². The first kappa shape index (κ1) is 19.6. The smallest absolute Gasteiger partial charge is 0.408 e. The summed E-state index contributed by atoms with van der Waals surface area (Å²) in [6.45, 7) is 7.12. The summed E-state index contributed by atoms with van der Waals surface area (Å²) in [7, 11) is -3.69. The normalized spacial score (nSPS) is 16.7. The van der Waals surface area contributed by atoms with Crippen LogP contribution in [0.25, 0.3) is 11.1 Å². The maximum Gasteiger partial charge on any atom is 0.417 e. The summed E-state index contributed by atoms with van der Waals surface area (Å²) in [5.74, 6) is -0.560. The SMILES string of the molecule is CCN(CC)C(=O)CN1CCN(S(=O)(=O)c2ccc3[nH]c(=O)oc3c2)CC1. The Morgan fingerprint density at radius 3 is 2.48 bits per heavy atom. The van der Waals surface area contributed by atoms with Gasteiger partial charge in [-0.1, -0.05) is 0 Å². The number of H-pyrrole nitrogens is 1. The van der Waals surface area contributed by atoms with E-state index in [1.165, 1.54) is 22.5 Å². The zero-order valence-corrected chi connectivity index (χ0v) is 16.3. The lowest BCUT2D eigenvalue weighted by atomic mass is 10.3. The number of rotatable bonds is 6. The van der Waals surface area contributed by atoms with Crippen molar-refractivity contribution in [2.75, 3.05) is 45.8 Å². The second-order valence-corrected chi connectivity index (χ2v) is 8.36. The average molecular weight is 396 g/mol. The highest BCUT2D eigenvalue weighted by molar-refractivity contribution is 7.89. The van der Waals surface area contributed by atoms with Gasteiger partial charge in [0.1, 0.15) is 0 Å². The number of hydrogen-bond acceptors (Lipinski definition) is 6. The number of benzene rings is 1. The molecule has 0 aliphatic carbocycles. The number of oxazole rings is 1. The van der Waals surface area contributed by atoms with E-state index < -0.39 is 15.8 Å². The number of hydrogen-bond donors (Lipinski definition) is 1. The Bertz CT molecular complexity index is 969. The number of aromatic amines is 1. The molecule has 3 rings (SSSR count). The molecule has 1 amide bonds. The third-order valence-electron chi connectivity index (χ3n) is 4.84. The van der Waals surface area contributed by atoms with Crippen LogP contribution in [-0.2, 0) is 14.8 Å². The van der Waals surface area contributed by atoms with Gasteiger partial charge >= 0.3 is 5.76 Å². The molecule has 0 bridgehead atoms. The van der Waals surface area contributed by atoms with Gasteiger partial charge in [-0.25, -0.2) is 13.2 Å². The van der Waals surface area contributed by atoms with Crippen molar-refractivity contribution >= 4 is 27.0 Å². The maximum absolute atomic E-state index is 12.9. The average Bonchev–Trinajstić information content (AvgIpc) is 3.02. The van der Waals surface area contributed by atoms with Gasteiger partial charge < -0.3 is 9.32 Å². The largest absolute Gasteiger partial charge is 0.417 e. The first-order chi connectivity index (χ1) is 12.8. The third kappa shape index (κ3) is 4.07. The second kappa shape index (κ2) is 7.83.